The molecule has 1 N–H and O–H groups in total. The lowest BCUT2D eigenvalue weighted by atomic mass is 9.78. The van der Waals surface area contributed by atoms with Gasteiger partial charge in [-0.15, -0.1) is 0 Å². The lowest BCUT2D eigenvalue weighted by Gasteiger charge is -2.37. The van der Waals surface area contributed by atoms with Crippen molar-refractivity contribution in [2.75, 3.05) is 0 Å². The zero-order valence-corrected chi connectivity index (χ0v) is 12.4. The smallest absolute Gasteiger partial charge is 0.0406 e. The first kappa shape index (κ1) is 13.9. The van der Waals surface area contributed by atoms with Crippen LogP contribution in [-0.4, -0.2) is 6.04 Å². The molecule has 3 unspecified atom stereocenters. The summed E-state index contributed by atoms with van der Waals surface area (Å²) < 4.78 is 0. The summed E-state index contributed by atoms with van der Waals surface area (Å²) in [5.41, 5.74) is 1.32. The second-order valence-electron chi connectivity index (χ2n) is 5.85. The summed E-state index contributed by atoms with van der Waals surface area (Å²) >= 11 is 5.93. The van der Waals surface area contributed by atoms with Gasteiger partial charge in [-0.1, -0.05) is 44.0 Å². The van der Waals surface area contributed by atoms with Crippen molar-refractivity contribution in [2.24, 2.45) is 11.8 Å². The molecule has 18 heavy (non-hydrogen) atoms. The van der Waals surface area contributed by atoms with Gasteiger partial charge in [-0.05, 0) is 49.3 Å². The van der Waals surface area contributed by atoms with E-state index < -0.39 is 0 Å². The third-order valence-electron chi connectivity index (χ3n) is 4.36. The van der Waals surface area contributed by atoms with Crippen LogP contribution in [0.15, 0.2) is 24.3 Å². The molecule has 1 fully saturated rings. The van der Waals surface area contributed by atoms with Gasteiger partial charge in [-0.3, -0.25) is 0 Å². The Balaban J connectivity index is 2.01. The Morgan fingerprint density at radius 1 is 1.11 bits per heavy atom. The molecule has 1 aromatic rings. The fraction of sp³-hybridized carbons (Fsp3) is 0.625. The number of nitrogens with one attached hydrogen (secondary N) is 1. The predicted molar refractivity (Wildman–Crippen MR) is 79.0 cm³/mol. The lowest BCUT2D eigenvalue weighted by molar-refractivity contribution is 0.196. The van der Waals surface area contributed by atoms with E-state index in [1.54, 1.807) is 0 Å². The van der Waals surface area contributed by atoms with Crippen LogP contribution in [0, 0.1) is 11.8 Å². The highest BCUT2D eigenvalue weighted by Crippen LogP contribution is 2.30. The summed E-state index contributed by atoms with van der Waals surface area (Å²) in [6.07, 6.45) is 4.10. The van der Waals surface area contributed by atoms with Gasteiger partial charge < -0.3 is 5.32 Å². The molecule has 1 aliphatic carbocycles. The molecule has 0 bridgehead atoms. The van der Waals surface area contributed by atoms with Crippen LogP contribution in [0.1, 0.15) is 51.6 Å². The summed E-state index contributed by atoms with van der Waals surface area (Å²) in [6, 6.07) is 9.24. The predicted octanol–water partition coefficient (Wildman–Crippen LogP) is 4.82. The van der Waals surface area contributed by atoms with Gasteiger partial charge in [0.25, 0.3) is 0 Å². The van der Waals surface area contributed by atoms with E-state index in [0.717, 1.165) is 16.9 Å². The van der Waals surface area contributed by atoms with Crippen LogP contribution in [-0.2, 0) is 0 Å². The van der Waals surface area contributed by atoms with Crippen LogP contribution >= 0.6 is 11.6 Å². The molecule has 0 aromatic heterocycles. The zero-order chi connectivity index (χ0) is 13.1. The maximum Gasteiger partial charge on any atom is 0.0406 e. The molecular weight excluding hydrogens is 242 g/mol. The highest BCUT2D eigenvalue weighted by atomic mass is 35.5. The Labute approximate surface area is 116 Å². The molecule has 0 aliphatic heterocycles. The molecule has 2 rings (SSSR count). The van der Waals surface area contributed by atoms with Crippen molar-refractivity contribution in [1.29, 1.82) is 0 Å². The standard InChI is InChI=1S/C16H24ClN/c1-11-5-4-6-12(2)16(11)18-13(3)14-7-9-15(17)10-8-14/h7-13,16,18H,4-6H2,1-3H3. The molecule has 100 valence electrons. The van der Waals surface area contributed by atoms with Crippen LogP contribution in [0.5, 0.6) is 0 Å². The minimum Gasteiger partial charge on any atom is -0.307 e. The third kappa shape index (κ3) is 3.27. The topological polar surface area (TPSA) is 12.0 Å². The van der Waals surface area contributed by atoms with Crippen molar-refractivity contribution in [3.63, 3.8) is 0 Å². The van der Waals surface area contributed by atoms with E-state index in [1.807, 2.05) is 12.1 Å². The van der Waals surface area contributed by atoms with Crippen molar-refractivity contribution < 1.29 is 0 Å². The second-order valence-corrected chi connectivity index (χ2v) is 6.29. The van der Waals surface area contributed by atoms with Crippen molar-refractivity contribution in [3.05, 3.63) is 34.9 Å². The van der Waals surface area contributed by atoms with Crippen LogP contribution in [0.3, 0.4) is 0 Å². The third-order valence-corrected chi connectivity index (χ3v) is 4.61. The van der Waals surface area contributed by atoms with Crippen LogP contribution < -0.4 is 5.32 Å². The Kier molecular flexibility index (Phi) is 4.69. The van der Waals surface area contributed by atoms with Crippen molar-refractivity contribution in [2.45, 2.75) is 52.1 Å². The van der Waals surface area contributed by atoms with Gasteiger partial charge in [-0.2, -0.15) is 0 Å². The van der Waals surface area contributed by atoms with E-state index in [4.69, 9.17) is 11.6 Å². The highest BCUT2D eigenvalue weighted by Gasteiger charge is 2.28. The van der Waals surface area contributed by atoms with E-state index in [9.17, 15) is 0 Å². The SMILES string of the molecule is CC(NC1C(C)CCCC1C)c1ccc(Cl)cc1. The van der Waals surface area contributed by atoms with Gasteiger partial charge in [0.2, 0.25) is 0 Å². The molecule has 0 spiro atoms. The molecule has 0 heterocycles. The van der Waals surface area contributed by atoms with E-state index in [1.165, 1.54) is 24.8 Å². The number of halogens is 1. The maximum atomic E-state index is 5.93. The molecule has 1 nitrogen and oxygen atoms in total. The average Bonchev–Trinajstić information content (AvgIpc) is 2.34. The minimum absolute atomic E-state index is 0.398. The molecule has 0 saturated heterocycles. The molecule has 3 atom stereocenters. The van der Waals surface area contributed by atoms with Crippen LogP contribution in [0.25, 0.3) is 0 Å². The number of benzene rings is 1. The van der Waals surface area contributed by atoms with E-state index in [-0.39, 0.29) is 0 Å². The van der Waals surface area contributed by atoms with Crippen molar-refractivity contribution in [1.82, 2.24) is 5.32 Å². The Bertz CT molecular complexity index is 363. The fourth-order valence-electron chi connectivity index (χ4n) is 3.15. The van der Waals surface area contributed by atoms with Gasteiger partial charge in [-0.25, -0.2) is 0 Å². The monoisotopic (exact) mass is 265 g/mol. The second kappa shape index (κ2) is 6.08. The average molecular weight is 266 g/mol. The number of hydrogen-bond donors (Lipinski definition) is 1. The van der Waals surface area contributed by atoms with Gasteiger partial charge in [0.15, 0.2) is 0 Å². The first-order chi connectivity index (χ1) is 8.58. The molecule has 0 radical (unpaired) electrons. The fourth-order valence-corrected chi connectivity index (χ4v) is 3.27. The Morgan fingerprint density at radius 3 is 2.22 bits per heavy atom. The van der Waals surface area contributed by atoms with Gasteiger partial charge >= 0.3 is 0 Å². The van der Waals surface area contributed by atoms with Crippen molar-refractivity contribution in [3.8, 4) is 0 Å². The number of hydrogen-bond acceptors (Lipinski definition) is 1. The van der Waals surface area contributed by atoms with Crippen molar-refractivity contribution >= 4 is 11.6 Å². The molecule has 2 heteroatoms. The normalized spacial score (nSPS) is 30.1. The van der Waals surface area contributed by atoms with Gasteiger partial charge in [0, 0.05) is 17.1 Å². The molecule has 1 saturated carbocycles. The van der Waals surface area contributed by atoms with Crippen LogP contribution in [0.2, 0.25) is 5.02 Å². The maximum absolute atomic E-state index is 5.93. The largest absolute Gasteiger partial charge is 0.307 e. The number of rotatable bonds is 3. The first-order valence-electron chi connectivity index (χ1n) is 7.09. The Hall–Kier alpha value is -0.530. The molecule has 1 aliphatic rings. The molecular formula is C16H24ClN. The zero-order valence-electron chi connectivity index (χ0n) is 11.6. The summed E-state index contributed by atoms with van der Waals surface area (Å²) in [6.45, 7) is 7.00. The summed E-state index contributed by atoms with van der Waals surface area (Å²) in [4.78, 5) is 0. The summed E-state index contributed by atoms with van der Waals surface area (Å²) in [5.74, 6) is 1.56. The Morgan fingerprint density at radius 2 is 1.67 bits per heavy atom. The minimum atomic E-state index is 0.398. The van der Waals surface area contributed by atoms with Crippen LogP contribution in [0.4, 0.5) is 0 Å². The van der Waals surface area contributed by atoms with E-state index in [2.05, 4.69) is 38.2 Å². The van der Waals surface area contributed by atoms with Gasteiger partial charge in [0.1, 0.15) is 0 Å². The summed E-state index contributed by atoms with van der Waals surface area (Å²) in [7, 11) is 0. The van der Waals surface area contributed by atoms with E-state index in [0.29, 0.717) is 12.1 Å². The first-order valence-corrected chi connectivity index (χ1v) is 7.47. The highest BCUT2D eigenvalue weighted by molar-refractivity contribution is 6.30. The molecule has 0 amide bonds. The van der Waals surface area contributed by atoms with E-state index >= 15 is 0 Å². The summed E-state index contributed by atoms with van der Waals surface area (Å²) in [5, 5.41) is 4.62. The molecule has 1 aromatic carbocycles. The lowest BCUT2D eigenvalue weighted by Crippen LogP contribution is -2.43. The quantitative estimate of drug-likeness (QED) is 0.827. The van der Waals surface area contributed by atoms with Gasteiger partial charge in [0.05, 0.1) is 0 Å².